The third-order valence-corrected chi connectivity index (χ3v) is 3.38. The van der Waals surface area contributed by atoms with E-state index in [1.807, 2.05) is 13.8 Å². The summed E-state index contributed by atoms with van der Waals surface area (Å²) in [5.74, 6) is -1.07. The van der Waals surface area contributed by atoms with Gasteiger partial charge in [-0.15, -0.1) is 11.8 Å². The van der Waals surface area contributed by atoms with E-state index in [9.17, 15) is 14.4 Å². The topological polar surface area (TPSA) is 74.7 Å². The summed E-state index contributed by atoms with van der Waals surface area (Å²) < 4.78 is 0. The zero-order valence-electron chi connectivity index (χ0n) is 9.30. The summed E-state index contributed by atoms with van der Waals surface area (Å²) in [6, 6.07) is -0.529. The van der Waals surface area contributed by atoms with Gasteiger partial charge in [-0.3, -0.25) is 19.3 Å². The standard InChI is InChI=1S/C10H15NO4S/c1-6(2)7(3-10(14)15)11-8(12)4-16-5-9(11)13/h6-7H,3-5H2,1-2H3,(H,14,15). The molecule has 1 aliphatic rings. The SMILES string of the molecule is CC(C)C(CC(=O)O)N1C(=O)CSCC1=O. The smallest absolute Gasteiger partial charge is 0.305 e. The molecule has 0 saturated carbocycles. The number of hydrogen-bond acceptors (Lipinski definition) is 4. The molecule has 2 amide bonds. The van der Waals surface area contributed by atoms with Crippen molar-refractivity contribution in [2.45, 2.75) is 26.3 Å². The third kappa shape index (κ3) is 2.98. The Morgan fingerprint density at radius 3 is 2.25 bits per heavy atom. The number of amides is 2. The normalized spacial score (nSPS) is 19.1. The van der Waals surface area contributed by atoms with Crippen LogP contribution in [0.3, 0.4) is 0 Å². The maximum absolute atomic E-state index is 11.6. The molecule has 0 radical (unpaired) electrons. The molecule has 0 aromatic heterocycles. The van der Waals surface area contributed by atoms with Crippen LogP contribution in [0.25, 0.3) is 0 Å². The van der Waals surface area contributed by atoms with Crippen molar-refractivity contribution in [2.75, 3.05) is 11.5 Å². The minimum atomic E-state index is -0.988. The summed E-state index contributed by atoms with van der Waals surface area (Å²) in [7, 11) is 0. The van der Waals surface area contributed by atoms with Gasteiger partial charge in [0.25, 0.3) is 0 Å². The summed E-state index contributed by atoms with van der Waals surface area (Å²) in [5.41, 5.74) is 0. The first-order chi connectivity index (χ1) is 7.43. The minimum Gasteiger partial charge on any atom is -0.481 e. The van der Waals surface area contributed by atoms with Gasteiger partial charge < -0.3 is 5.11 Å². The summed E-state index contributed by atoms with van der Waals surface area (Å²) >= 11 is 1.27. The maximum atomic E-state index is 11.6. The van der Waals surface area contributed by atoms with E-state index in [1.165, 1.54) is 11.8 Å². The van der Waals surface area contributed by atoms with E-state index in [2.05, 4.69) is 0 Å². The molecule has 0 aromatic rings. The lowest BCUT2D eigenvalue weighted by atomic mass is 9.99. The fourth-order valence-corrected chi connectivity index (χ4v) is 2.41. The Morgan fingerprint density at radius 1 is 1.38 bits per heavy atom. The number of carbonyl (C=O) groups is 3. The number of rotatable bonds is 4. The van der Waals surface area contributed by atoms with Gasteiger partial charge in [0.05, 0.1) is 24.0 Å². The van der Waals surface area contributed by atoms with E-state index < -0.39 is 12.0 Å². The van der Waals surface area contributed by atoms with Crippen LogP contribution in [0.2, 0.25) is 0 Å². The highest BCUT2D eigenvalue weighted by Gasteiger charge is 2.35. The van der Waals surface area contributed by atoms with Crippen molar-refractivity contribution in [1.29, 1.82) is 0 Å². The monoisotopic (exact) mass is 245 g/mol. The van der Waals surface area contributed by atoms with E-state index in [1.54, 1.807) is 0 Å². The molecule has 1 saturated heterocycles. The van der Waals surface area contributed by atoms with Gasteiger partial charge in [-0.25, -0.2) is 0 Å². The average molecular weight is 245 g/mol. The zero-order chi connectivity index (χ0) is 12.3. The molecule has 90 valence electrons. The maximum Gasteiger partial charge on any atom is 0.305 e. The fraction of sp³-hybridized carbons (Fsp3) is 0.700. The number of aliphatic carboxylic acids is 1. The van der Waals surface area contributed by atoms with Gasteiger partial charge in [0.1, 0.15) is 0 Å². The number of hydrogen-bond donors (Lipinski definition) is 1. The van der Waals surface area contributed by atoms with Gasteiger partial charge in [-0.2, -0.15) is 0 Å². The Hall–Kier alpha value is -1.04. The van der Waals surface area contributed by atoms with Crippen LogP contribution in [-0.2, 0) is 14.4 Å². The first-order valence-electron chi connectivity index (χ1n) is 5.08. The molecule has 1 N–H and O–H groups in total. The molecular weight excluding hydrogens is 230 g/mol. The fourth-order valence-electron chi connectivity index (χ4n) is 1.68. The molecule has 5 nitrogen and oxygen atoms in total. The second-order valence-electron chi connectivity index (χ2n) is 4.06. The van der Waals surface area contributed by atoms with Crippen LogP contribution in [-0.4, -0.2) is 45.3 Å². The highest BCUT2D eigenvalue weighted by atomic mass is 32.2. The van der Waals surface area contributed by atoms with E-state index in [-0.39, 0.29) is 35.7 Å². The predicted molar refractivity (Wildman–Crippen MR) is 60.1 cm³/mol. The number of thioether (sulfide) groups is 1. The lowest BCUT2D eigenvalue weighted by Gasteiger charge is -2.34. The molecule has 1 heterocycles. The summed E-state index contributed by atoms with van der Waals surface area (Å²) in [6.45, 7) is 3.63. The van der Waals surface area contributed by atoms with Crippen molar-refractivity contribution in [2.24, 2.45) is 5.92 Å². The minimum absolute atomic E-state index is 0.0490. The Kier molecular flexibility index (Phi) is 4.35. The van der Waals surface area contributed by atoms with Crippen LogP contribution in [0.5, 0.6) is 0 Å². The number of carboxylic acid groups (broad SMARTS) is 1. The predicted octanol–water partition coefficient (Wildman–Crippen LogP) is 0.588. The molecule has 0 aromatic carbocycles. The van der Waals surface area contributed by atoms with Gasteiger partial charge in [0.15, 0.2) is 0 Å². The van der Waals surface area contributed by atoms with Gasteiger partial charge in [-0.1, -0.05) is 13.8 Å². The first kappa shape index (κ1) is 13.0. The zero-order valence-corrected chi connectivity index (χ0v) is 10.1. The van der Waals surface area contributed by atoms with Crippen LogP contribution in [0.1, 0.15) is 20.3 Å². The van der Waals surface area contributed by atoms with Gasteiger partial charge in [-0.05, 0) is 5.92 Å². The van der Waals surface area contributed by atoms with Crippen LogP contribution in [0.4, 0.5) is 0 Å². The number of carbonyl (C=O) groups excluding carboxylic acids is 2. The molecule has 1 atom stereocenters. The average Bonchev–Trinajstić information content (AvgIpc) is 2.15. The van der Waals surface area contributed by atoms with Crippen molar-refractivity contribution >= 4 is 29.5 Å². The third-order valence-electron chi connectivity index (χ3n) is 2.47. The highest BCUT2D eigenvalue weighted by molar-refractivity contribution is 8.00. The Bertz CT molecular complexity index is 300. The molecular formula is C10H15NO4S. The second-order valence-corrected chi connectivity index (χ2v) is 5.05. The molecule has 1 aliphatic heterocycles. The summed E-state index contributed by atoms with van der Waals surface area (Å²) in [6.07, 6.45) is -0.181. The number of carboxylic acids is 1. The van der Waals surface area contributed by atoms with Gasteiger partial charge in [0.2, 0.25) is 11.8 Å². The van der Waals surface area contributed by atoms with Crippen molar-refractivity contribution in [3.8, 4) is 0 Å². The number of nitrogens with zero attached hydrogens (tertiary/aromatic N) is 1. The Labute approximate surface area is 98.2 Å². The Morgan fingerprint density at radius 2 is 1.88 bits per heavy atom. The number of imide groups is 1. The van der Waals surface area contributed by atoms with E-state index >= 15 is 0 Å². The van der Waals surface area contributed by atoms with E-state index in [0.717, 1.165) is 4.90 Å². The van der Waals surface area contributed by atoms with Crippen molar-refractivity contribution in [1.82, 2.24) is 4.90 Å². The highest BCUT2D eigenvalue weighted by Crippen LogP contribution is 2.21. The van der Waals surface area contributed by atoms with E-state index in [4.69, 9.17) is 5.11 Å². The first-order valence-corrected chi connectivity index (χ1v) is 6.23. The Balaban J connectivity index is 2.86. The molecule has 1 fully saturated rings. The van der Waals surface area contributed by atoms with Gasteiger partial charge >= 0.3 is 5.97 Å². The lowest BCUT2D eigenvalue weighted by Crippen LogP contribution is -2.51. The van der Waals surface area contributed by atoms with E-state index in [0.29, 0.717) is 0 Å². The molecule has 0 aliphatic carbocycles. The second kappa shape index (κ2) is 5.34. The molecule has 16 heavy (non-hydrogen) atoms. The molecule has 1 rings (SSSR count). The van der Waals surface area contributed by atoms with Crippen LogP contribution < -0.4 is 0 Å². The lowest BCUT2D eigenvalue weighted by molar-refractivity contribution is -0.148. The summed E-state index contributed by atoms with van der Waals surface area (Å²) in [5, 5.41) is 8.78. The summed E-state index contributed by atoms with van der Waals surface area (Å²) in [4.78, 5) is 35.1. The molecule has 6 heteroatoms. The van der Waals surface area contributed by atoms with Crippen molar-refractivity contribution in [3.63, 3.8) is 0 Å². The molecule has 1 unspecified atom stereocenters. The van der Waals surface area contributed by atoms with Crippen molar-refractivity contribution in [3.05, 3.63) is 0 Å². The van der Waals surface area contributed by atoms with Crippen LogP contribution in [0, 0.1) is 5.92 Å². The quantitative estimate of drug-likeness (QED) is 0.734. The molecule has 0 bridgehead atoms. The van der Waals surface area contributed by atoms with Gasteiger partial charge in [0, 0.05) is 0 Å². The molecule has 0 spiro atoms. The van der Waals surface area contributed by atoms with Crippen LogP contribution in [0.15, 0.2) is 0 Å². The largest absolute Gasteiger partial charge is 0.481 e. The van der Waals surface area contributed by atoms with Crippen LogP contribution >= 0.6 is 11.8 Å². The van der Waals surface area contributed by atoms with Crippen molar-refractivity contribution < 1.29 is 19.5 Å².